The van der Waals surface area contributed by atoms with Gasteiger partial charge in [-0.25, -0.2) is 0 Å². The summed E-state index contributed by atoms with van der Waals surface area (Å²) >= 11 is 0. The second kappa shape index (κ2) is 8.95. The van der Waals surface area contributed by atoms with Gasteiger partial charge in [0.25, 0.3) is 0 Å². The number of amides is 1. The van der Waals surface area contributed by atoms with Crippen molar-refractivity contribution in [3.8, 4) is 0 Å². The number of nitrogens with one attached hydrogen (secondary N) is 2. The summed E-state index contributed by atoms with van der Waals surface area (Å²) in [5.41, 5.74) is 2.26. The van der Waals surface area contributed by atoms with Gasteiger partial charge in [-0.2, -0.15) is 5.10 Å². The minimum atomic E-state index is 0.0896. The van der Waals surface area contributed by atoms with Crippen molar-refractivity contribution in [1.82, 2.24) is 25.7 Å². The van der Waals surface area contributed by atoms with Gasteiger partial charge in [0.2, 0.25) is 5.91 Å². The molecule has 0 aromatic carbocycles. The average molecular weight is 374 g/mol. The SMILES string of the molecule is O=C(CN1CCc2cc(N3CCOCC3)nnc2C1)NCCNC1CCC1. The lowest BCUT2D eigenvalue weighted by Crippen LogP contribution is -2.44. The summed E-state index contributed by atoms with van der Waals surface area (Å²) < 4.78 is 5.40. The molecule has 4 rings (SSSR count). The van der Waals surface area contributed by atoms with E-state index >= 15 is 0 Å². The van der Waals surface area contributed by atoms with Crippen molar-refractivity contribution in [3.05, 3.63) is 17.3 Å². The molecule has 8 heteroatoms. The van der Waals surface area contributed by atoms with Gasteiger partial charge in [-0.05, 0) is 30.9 Å². The van der Waals surface area contributed by atoms with Crippen LogP contribution in [0.4, 0.5) is 5.82 Å². The van der Waals surface area contributed by atoms with E-state index in [1.54, 1.807) is 0 Å². The molecule has 1 saturated heterocycles. The van der Waals surface area contributed by atoms with E-state index < -0.39 is 0 Å². The number of nitrogens with zero attached hydrogens (tertiary/aromatic N) is 4. The Hall–Kier alpha value is -1.77. The van der Waals surface area contributed by atoms with E-state index in [2.05, 4.69) is 36.7 Å². The number of anilines is 1. The molecule has 3 aliphatic rings. The van der Waals surface area contributed by atoms with Gasteiger partial charge in [0.15, 0.2) is 5.82 Å². The number of ether oxygens (including phenoxy) is 1. The maximum absolute atomic E-state index is 12.2. The lowest BCUT2D eigenvalue weighted by Gasteiger charge is -2.30. The standard InChI is InChI=1S/C19H30N6O2/c26-19(21-6-5-20-16-2-1-3-16)14-24-7-4-15-12-18(23-22-17(15)13-24)25-8-10-27-11-9-25/h12,16,20H,1-11,13-14H2,(H,21,26). The van der Waals surface area contributed by atoms with E-state index in [9.17, 15) is 4.79 Å². The summed E-state index contributed by atoms with van der Waals surface area (Å²) in [5.74, 6) is 1.04. The fraction of sp³-hybridized carbons (Fsp3) is 0.737. The Morgan fingerprint density at radius 3 is 2.81 bits per heavy atom. The minimum Gasteiger partial charge on any atom is -0.378 e. The molecule has 27 heavy (non-hydrogen) atoms. The van der Waals surface area contributed by atoms with Gasteiger partial charge in [-0.3, -0.25) is 9.69 Å². The van der Waals surface area contributed by atoms with Gasteiger partial charge >= 0.3 is 0 Å². The molecule has 2 N–H and O–H groups in total. The first-order chi connectivity index (χ1) is 13.3. The molecule has 0 unspecified atom stereocenters. The highest BCUT2D eigenvalue weighted by molar-refractivity contribution is 5.78. The molecule has 3 heterocycles. The highest BCUT2D eigenvalue weighted by Crippen LogP contribution is 2.21. The Balaban J connectivity index is 1.22. The second-order valence-electron chi connectivity index (χ2n) is 7.67. The fourth-order valence-electron chi connectivity index (χ4n) is 3.79. The first-order valence-corrected chi connectivity index (χ1v) is 10.2. The molecule has 0 bridgehead atoms. The topological polar surface area (TPSA) is 82.6 Å². The monoisotopic (exact) mass is 374 g/mol. The molecule has 1 amide bonds. The molecule has 0 atom stereocenters. The summed E-state index contributed by atoms with van der Waals surface area (Å²) in [5, 5.41) is 15.3. The van der Waals surface area contributed by atoms with Crippen LogP contribution in [0.2, 0.25) is 0 Å². The van der Waals surface area contributed by atoms with Crippen LogP contribution in [0.1, 0.15) is 30.5 Å². The van der Waals surface area contributed by atoms with E-state index in [4.69, 9.17) is 4.74 Å². The zero-order valence-electron chi connectivity index (χ0n) is 16.0. The molecule has 8 nitrogen and oxygen atoms in total. The van der Waals surface area contributed by atoms with E-state index in [0.29, 0.717) is 25.7 Å². The van der Waals surface area contributed by atoms with Gasteiger partial charge in [0, 0.05) is 45.3 Å². The fourth-order valence-corrected chi connectivity index (χ4v) is 3.79. The van der Waals surface area contributed by atoms with E-state index in [-0.39, 0.29) is 5.91 Å². The van der Waals surface area contributed by atoms with Crippen molar-refractivity contribution in [2.75, 3.05) is 57.4 Å². The van der Waals surface area contributed by atoms with E-state index in [1.165, 1.54) is 24.8 Å². The summed E-state index contributed by atoms with van der Waals surface area (Å²) in [7, 11) is 0. The number of aromatic nitrogens is 2. The zero-order valence-corrected chi connectivity index (χ0v) is 16.0. The number of carbonyl (C=O) groups is 1. The molecule has 148 valence electrons. The lowest BCUT2D eigenvalue weighted by atomic mass is 9.93. The Kier molecular flexibility index (Phi) is 6.16. The number of rotatable bonds is 7. The summed E-state index contributed by atoms with van der Waals surface area (Å²) in [6.07, 6.45) is 4.79. The summed E-state index contributed by atoms with van der Waals surface area (Å²) in [4.78, 5) is 16.6. The van der Waals surface area contributed by atoms with Crippen LogP contribution in [-0.4, -0.2) is 79.5 Å². The minimum absolute atomic E-state index is 0.0896. The van der Waals surface area contributed by atoms with Crippen LogP contribution in [0.5, 0.6) is 0 Å². The quantitative estimate of drug-likeness (QED) is 0.647. The van der Waals surface area contributed by atoms with Gasteiger partial charge in [-0.1, -0.05) is 6.42 Å². The molecule has 1 saturated carbocycles. The van der Waals surface area contributed by atoms with Crippen molar-refractivity contribution in [2.45, 2.75) is 38.3 Å². The summed E-state index contributed by atoms with van der Waals surface area (Å²) in [6.45, 7) is 6.79. The van der Waals surface area contributed by atoms with Gasteiger partial charge in [0.05, 0.1) is 25.5 Å². The largest absolute Gasteiger partial charge is 0.378 e. The third-order valence-corrected chi connectivity index (χ3v) is 5.71. The van der Waals surface area contributed by atoms with E-state index in [0.717, 1.165) is 57.3 Å². The molecule has 0 radical (unpaired) electrons. The predicted molar refractivity (Wildman–Crippen MR) is 103 cm³/mol. The van der Waals surface area contributed by atoms with Gasteiger partial charge < -0.3 is 20.3 Å². The smallest absolute Gasteiger partial charge is 0.234 e. The highest BCUT2D eigenvalue weighted by atomic mass is 16.5. The number of morpholine rings is 1. The number of carbonyl (C=O) groups excluding carboxylic acids is 1. The predicted octanol–water partition coefficient (Wildman–Crippen LogP) is -0.0704. The maximum atomic E-state index is 12.2. The first kappa shape index (κ1) is 18.6. The van der Waals surface area contributed by atoms with Crippen LogP contribution in [0.15, 0.2) is 6.07 Å². The molecule has 2 fully saturated rings. The number of hydrogen-bond acceptors (Lipinski definition) is 7. The molecule has 1 aromatic heterocycles. The Morgan fingerprint density at radius 2 is 2.04 bits per heavy atom. The van der Waals surface area contributed by atoms with Gasteiger partial charge in [0.1, 0.15) is 0 Å². The van der Waals surface area contributed by atoms with Crippen LogP contribution < -0.4 is 15.5 Å². The van der Waals surface area contributed by atoms with Gasteiger partial charge in [-0.15, -0.1) is 5.10 Å². The molecular formula is C19H30N6O2. The van der Waals surface area contributed by atoms with Crippen LogP contribution in [-0.2, 0) is 22.5 Å². The van der Waals surface area contributed by atoms with Crippen LogP contribution in [0.3, 0.4) is 0 Å². The number of hydrogen-bond donors (Lipinski definition) is 2. The van der Waals surface area contributed by atoms with Crippen molar-refractivity contribution in [3.63, 3.8) is 0 Å². The molecule has 1 aromatic rings. The zero-order chi connectivity index (χ0) is 18.5. The molecule has 1 aliphatic carbocycles. The normalized spacial score (nSPS) is 20.8. The highest BCUT2D eigenvalue weighted by Gasteiger charge is 2.22. The van der Waals surface area contributed by atoms with Crippen molar-refractivity contribution < 1.29 is 9.53 Å². The van der Waals surface area contributed by atoms with Crippen molar-refractivity contribution >= 4 is 11.7 Å². The van der Waals surface area contributed by atoms with Crippen LogP contribution >= 0.6 is 0 Å². The lowest BCUT2D eigenvalue weighted by molar-refractivity contribution is -0.122. The van der Waals surface area contributed by atoms with Crippen LogP contribution in [0, 0.1) is 0 Å². The Morgan fingerprint density at radius 1 is 1.19 bits per heavy atom. The summed E-state index contributed by atoms with van der Waals surface area (Å²) in [6, 6.07) is 2.83. The average Bonchev–Trinajstić information content (AvgIpc) is 2.66. The first-order valence-electron chi connectivity index (χ1n) is 10.2. The van der Waals surface area contributed by atoms with E-state index in [1.807, 2.05) is 0 Å². The molecule has 2 aliphatic heterocycles. The molecule has 0 spiro atoms. The van der Waals surface area contributed by atoms with Crippen LogP contribution in [0.25, 0.3) is 0 Å². The molecular weight excluding hydrogens is 344 g/mol. The maximum Gasteiger partial charge on any atom is 0.234 e. The third-order valence-electron chi connectivity index (χ3n) is 5.71. The Bertz CT molecular complexity index is 645. The van der Waals surface area contributed by atoms with Crippen molar-refractivity contribution in [2.24, 2.45) is 0 Å². The van der Waals surface area contributed by atoms with Crippen molar-refractivity contribution in [1.29, 1.82) is 0 Å². The Labute approximate surface area is 160 Å². The number of fused-ring (bicyclic) bond motifs is 1. The second-order valence-corrected chi connectivity index (χ2v) is 7.67. The third kappa shape index (κ3) is 4.94.